The third-order valence-electron chi connectivity index (χ3n) is 12.5. The highest BCUT2D eigenvalue weighted by Crippen LogP contribution is 2.42. The third-order valence-corrected chi connectivity index (χ3v) is 12.5. The van der Waals surface area contributed by atoms with Gasteiger partial charge in [-0.15, -0.1) is 0 Å². The van der Waals surface area contributed by atoms with Crippen LogP contribution < -0.4 is 4.90 Å². The minimum absolute atomic E-state index is 1.09. The Hall–Kier alpha value is -8.40. The third kappa shape index (κ3) is 6.29. The lowest BCUT2D eigenvalue weighted by Crippen LogP contribution is -2.09. The van der Waals surface area contributed by atoms with Crippen LogP contribution in [0.4, 0.5) is 17.1 Å². The molecule has 2 aromatic heterocycles. The van der Waals surface area contributed by atoms with Crippen LogP contribution in [0.1, 0.15) is 0 Å². The minimum Gasteiger partial charge on any atom is -0.311 e. The first kappa shape index (κ1) is 36.5. The van der Waals surface area contributed by atoms with Crippen LogP contribution in [0.2, 0.25) is 0 Å². The Morgan fingerprint density at radius 1 is 0.254 bits per heavy atom. The molecule has 12 aromatic rings. The number of fused-ring (bicyclic) bond motifs is 6. The molecule has 10 aromatic carbocycles. The zero-order valence-corrected chi connectivity index (χ0v) is 34.5. The summed E-state index contributed by atoms with van der Waals surface area (Å²) in [4.78, 5) is 2.36. The van der Waals surface area contributed by atoms with Crippen LogP contribution in [-0.2, 0) is 0 Å². The van der Waals surface area contributed by atoms with Crippen molar-refractivity contribution in [2.45, 2.75) is 0 Å². The molecule has 0 spiro atoms. The van der Waals surface area contributed by atoms with Crippen LogP contribution in [0.15, 0.2) is 249 Å². The van der Waals surface area contributed by atoms with Gasteiger partial charge in [0.25, 0.3) is 0 Å². The van der Waals surface area contributed by atoms with E-state index in [2.05, 4.69) is 263 Å². The summed E-state index contributed by atoms with van der Waals surface area (Å²) in [5.74, 6) is 0. The first-order valence-corrected chi connectivity index (χ1v) is 21.6. The number of nitrogens with zero attached hydrogens (tertiary/aromatic N) is 3. The molecular weight excluding hydrogens is 763 g/mol. The standard InChI is InChI=1S/C60H41N3/c1-4-15-42(16-5-1)43-27-34-49(35-28-43)61(50-36-29-44(30-37-50)46-33-40-55-53-21-10-12-25-57(53)62(59(55)41-46)47-17-6-2-7-18-47)51-38-31-45(32-39-51)52-23-14-24-56-54-22-11-13-26-58(54)63(60(52)56)48-19-8-3-9-20-48/h1-41H. The van der Waals surface area contributed by atoms with Gasteiger partial charge in [-0.05, 0) is 107 Å². The van der Waals surface area contributed by atoms with Gasteiger partial charge < -0.3 is 14.0 Å². The highest BCUT2D eigenvalue weighted by atomic mass is 15.1. The maximum atomic E-state index is 2.41. The molecule has 0 unspecified atom stereocenters. The van der Waals surface area contributed by atoms with Crippen molar-refractivity contribution in [2.75, 3.05) is 4.90 Å². The fraction of sp³-hybridized carbons (Fsp3) is 0. The molecule has 0 aliphatic rings. The van der Waals surface area contributed by atoms with Gasteiger partial charge in [-0.25, -0.2) is 0 Å². The number of aromatic nitrogens is 2. The molecule has 0 saturated carbocycles. The summed E-state index contributed by atoms with van der Waals surface area (Å²) in [6.45, 7) is 0. The van der Waals surface area contributed by atoms with Crippen LogP contribution in [0.25, 0.3) is 88.4 Å². The van der Waals surface area contributed by atoms with Gasteiger partial charge in [0.05, 0.1) is 22.1 Å². The zero-order valence-electron chi connectivity index (χ0n) is 34.5. The van der Waals surface area contributed by atoms with Gasteiger partial charge >= 0.3 is 0 Å². The molecular formula is C60H41N3. The number of rotatable bonds is 8. The first-order chi connectivity index (χ1) is 31.3. The first-order valence-electron chi connectivity index (χ1n) is 21.6. The Balaban J connectivity index is 0.956. The molecule has 63 heavy (non-hydrogen) atoms. The van der Waals surface area contributed by atoms with Gasteiger partial charge in [0.1, 0.15) is 0 Å². The summed E-state index contributed by atoms with van der Waals surface area (Å²) in [6.07, 6.45) is 0. The molecule has 12 rings (SSSR count). The van der Waals surface area contributed by atoms with Gasteiger partial charge in [-0.3, -0.25) is 0 Å². The predicted molar refractivity (Wildman–Crippen MR) is 266 cm³/mol. The van der Waals surface area contributed by atoms with E-state index in [1.165, 1.54) is 77.0 Å². The van der Waals surface area contributed by atoms with Crippen molar-refractivity contribution in [1.82, 2.24) is 9.13 Å². The minimum atomic E-state index is 1.09. The lowest BCUT2D eigenvalue weighted by molar-refractivity contribution is 1.18. The van der Waals surface area contributed by atoms with Crippen LogP contribution in [0.5, 0.6) is 0 Å². The second-order valence-electron chi connectivity index (χ2n) is 16.2. The average molecular weight is 804 g/mol. The summed E-state index contributed by atoms with van der Waals surface area (Å²) >= 11 is 0. The highest BCUT2D eigenvalue weighted by Gasteiger charge is 2.19. The predicted octanol–water partition coefficient (Wildman–Crippen LogP) is 16.4. The Morgan fingerprint density at radius 3 is 1.27 bits per heavy atom. The number of hydrogen-bond acceptors (Lipinski definition) is 1. The molecule has 0 aliphatic heterocycles. The highest BCUT2D eigenvalue weighted by molar-refractivity contribution is 6.14. The Morgan fingerprint density at radius 2 is 0.667 bits per heavy atom. The maximum absolute atomic E-state index is 2.41. The van der Waals surface area contributed by atoms with E-state index >= 15 is 0 Å². The molecule has 0 bridgehead atoms. The van der Waals surface area contributed by atoms with E-state index in [-0.39, 0.29) is 0 Å². The number of benzene rings is 10. The van der Waals surface area contributed by atoms with E-state index in [9.17, 15) is 0 Å². The van der Waals surface area contributed by atoms with Crippen LogP contribution in [0, 0.1) is 0 Å². The van der Waals surface area contributed by atoms with Gasteiger partial charge in [0.2, 0.25) is 0 Å². The van der Waals surface area contributed by atoms with E-state index in [4.69, 9.17) is 0 Å². The summed E-state index contributed by atoms with van der Waals surface area (Å²) in [5.41, 5.74) is 17.5. The molecule has 0 amide bonds. The fourth-order valence-electron chi connectivity index (χ4n) is 9.58. The van der Waals surface area contributed by atoms with E-state index < -0.39 is 0 Å². The van der Waals surface area contributed by atoms with Crippen molar-refractivity contribution in [3.63, 3.8) is 0 Å². The molecule has 0 atom stereocenters. The lowest BCUT2D eigenvalue weighted by Gasteiger charge is -2.26. The molecule has 0 radical (unpaired) electrons. The van der Waals surface area contributed by atoms with Gasteiger partial charge in [-0.1, -0.05) is 170 Å². The zero-order chi connectivity index (χ0) is 41.7. The topological polar surface area (TPSA) is 13.1 Å². The summed E-state index contributed by atoms with van der Waals surface area (Å²) in [5, 5.41) is 5.01. The molecule has 0 fully saturated rings. The van der Waals surface area contributed by atoms with E-state index in [1.54, 1.807) is 0 Å². The fourth-order valence-corrected chi connectivity index (χ4v) is 9.58. The molecule has 296 valence electrons. The molecule has 3 heteroatoms. The number of para-hydroxylation sites is 5. The largest absolute Gasteiger partial charge is 0.311 e. The van der Waals surface area contributed by atoms with Crippen LogP contribution >= 0.6 is 0 Å². The SMILES string of the molecule is c1ccc(-c2ccc(N(c3ccc(-c4ccc5c6ccccc6n(-c6ccccc6)c5c4)cc3)c3ccc(-c4cccc5c6ccccc6n(-c6ccccc6)c45)cc3)cc2)cc1. The second kappa shape index (κ2) is 15.3. The molecule has 3 nitrogen and oxygen atoms in total. The van der Waals surface area contributed by atoms with Crippen molar-refractivity contribution in [2.24, 2.45) is 0 Å². The lowest BCUT2D eigenvalue weighted by atomic mass is 10.0. The Kier molecular flexibility index (Phi) is 8.83. The van der Waals surface area contributed by atoms with E-state index in [0.29, 0.717) is 0 Å². The monoisotopic (exact) mass is 803 g/mol. The summed E-state index contributed by atoms with van der Waals surface area (Å²) < 4.78 is 4.80. The Bertz CT molecular complexity index is 3570. The molecule has 2 heterocycles. The maximum Gasteiger partial charge on any atom is 0.0619 e. The normalized spacial score (nSPS) is 11.5. The quantitative estimate of drug-likeness (QED) is 0.149. The van der Waals surface area contributed by atoms with E-state index in [0.717, 1.165) is 28.4 Å². The summed E-state index contributed by atoms with van der Waals surface area (Å²) in [6, 6.07) is 90.0. The van der Waals surface area contributed by atoms with Crippen LogP contribution in [0.3, 0.4) is 0 Å². The molecule has 0 N–H and O–H groups in total. The van der Waals surface area contributed by atoms with Crippen molar-refractivity contribution in [1.29, 1.82) is 0 Å². The molecule has 0 aliphatic carbocycles. The number of hydrogen-bond donors (Lipinski definition) is 0. The Labute approximate surface area is 366 Å². The van der Waals surface area contributed by atoms with Gasteiger partial charge in [-0.2, -0.15) is 0 Å². The second-order valence-corrected chi connectivity index (χ2v) is 16.2. The van der Waals surface area contributed by atoms with Crippen molar-refractivity contribution in [3.8, 4) is 44.8 Å². The molecule has 0 saturated heterocycles. The van der Waals surface area contributed by atoms with Crippen LogP contribution in [-0.4, -0.2) is 9.13 Å². The average Bonchev–Trinajstić information content (AvgIpc) is 3.88. The smallest absolute Gasteiger partial charge is 0.0619 e. The van der Waals surface area contributed by atoms with E-state index in [1.807, 2.05) is 0 Å². The number of anilines is 3. The summed E-state index contributed by atoms with van der Waals surface area (Å²) in [7, 11) is 0. The van der Waals surface area contributed by atoms with Crippen molar-refractivity contribution >= 4 is 60.7 Å². The van der Waals surface area contributed by atoms with Gasteiger partial charge in [0, 0.05) is 55.5 Å². The van der Waals surface area contributed by atoms with Crippen molar-refractivity contribution in [3.05, 3.63) is 249 Å². The van der Waals surface area contributed by atoms with Crippen molar-refractivity contribution < 1.29 is 0 Å². The van der Waals surface area contributed by atoms with Gasteiger partial charge in [0.15, 0.2) is 0 Å².